The number of para-hydroxylation sites is 1. The van der Waals surface area contributed by atoms with Gasteiger partial charge in [0.25, 0.3) is 0 Å². The number of hydrogen-bond donors (Lipinski definition) is 2. The lowest BCUT2D eigenvalue weighted by molar-refractivity contribution is -0.132. The van der Waals surface area contributed by atoms with Crippen molar-refractivity contribution in [3.8, 4) is 5.75 Å². The summed E-state index contributed by atoms with van der Waals surface area (Å²) >= 11 is 0. The summed E-state index contributed by atoms with van der Waals surface area (Å²) in [7, 11) is 1.63. The molecule has 0 unspecified atom stereocenters. The molecule has 0 radical (unpaired) electrons. The molecule has 1 aromatic carbocycles. The second-order valence-corrected chi connectivity index (χ2v) is 8.71. The predicted molar refractivity (Wildman–Crippen MR) is 118 cm³/mol. The van der Waals surface area contributed by atoms with Crippen LogP contribution in [0.25, 0.3) is 0 Å². The topological polar surface area (TPSA) is 97.0 Å². The third kappa shape index (κ3) is 8.86. The number of ether oxygens (including phenoxy) is 2. The zero-order valence-corrected chi connectivity index (χ0v) is 19.0. The fourth-order valence-corrected chi connectivity index (χ4v) is 3.47. The molecule has 31 heavy (non-hydrogen) atoms. The summed E-state index contributed by atoms with van der Waals surface area (Å²) in [5.74, 6) is 0.803. The van der Waals surface area contributed by atoms with Gasteiger partial charge < -0.3 is 25.0 Å². The maximum atomic E-state index is 12.3. The van der Waals surface area contributed by atoms with Crippen molar-refractivity contribution >= 4 is 17.9 Å². The van der Waals surface area contributed by atoms with E-state index in [4.69, 9.17) is 9.47 Å². The Labute approximate surface area is 184 Å². The molecule has 1 aliphatic heterocycles. The molecule has 0 aliphatic carbocycles. The number of alkyl carbamates (subject to hydrolysis) is 1. The molecule has 0 bridgehead atoms. The molecular weight excluding hydrogens is 398 g/mol. The summed E-state index contributed by atoms with van der Waals surface area (Å²) in [6.07, 6.45) is 2.19. The van der Waals surface area contributed by atoms with Crippen molar-refractivity contribution < 1.29 is 23.9 Å². The smallest absolute Gasteiger partial charge is 0.407 e. The van der Waals surface area contributed by atoms with Gasteiger partial charge >= 0.3 is 6.09 Å². The monoisotopic (exact) mass is 433 g/mol. The van der Waals surface area contributed by atoms with Gasteiger partial charge in [0.05, 0.1) is 7.11 Å². The summed E-state index contributed by atoms with van der Waals surface area (Å²) in [4.78, 5) is 38.1. The Morgan fingerprint density at radius 3 is 2.42 bits per heavy atom. The SMILES string of the molecule is COc1ccccc1CCC(=O)NC1CCN(C(=O)CCNC(=O)OC(C)(C)C)CC1. The highest BCUT2D eigenvalue weighted by Crippen LogP contribution is 2.19. The Kier molecular flexibility index (Phi) is 9.15. The normalized spacial score (nSPS) is 14.6. The molecule has 8 heteroatoms. The molecule has 1 fully saturated rings. The number of nitrogens with zero attached hydrogens (tertiary/aromatic N) is 1. The fourth-order valence-electron chi connectivity index (χ4n) is 3.47. The third-order valence-electron chi connectivity index (χ3n) is 5.03. The number of aryl methyl sites for hydroxylation is 1. The molecule has 3 amide bonds. The first kappa shape index (κ1) is 24.5. The summed E-state index contributed by atoms with van der Waals surface area (Å²) in [6.45, 7) is 6.82. The Bertz CT molecular complexity index is 752. The third-order valence-corrected chi connectivity index (χ3v) is 5.03. The number of carbonyl (C=O) groups excluding carboxylic acids is 3. The van der Waals surface area contributed by atoms with E-state index in [0.29, 0.717) is 25.9 Å². The molecule has 2 rings (SSSR count). The average molecular weight is 434 g/mol. The van der Waals surface area contributed by atoms with Gasteiger partial charge in [0.1, 0.15) is 11.4 Å². The van der Waals surface area contributed by atoms with Crippen molar-refractivity contribution in [1.29, 1.82) is 0 Å². The maximum Gasteiger partial charge on any atom is 0.407 e. The van der Waals surface area contributed by atoms with Crippen molar-refractivity contribution in [2.24, 2.45) is 0 Å². The van der Waals surface area contributed by atoms with E-state index in [1.165, 1.54) is 0 Å². The largest absolute Gasteiger partial charge is 0.496 e. The Balaban J connectivity index is 1.64. The van der Waals surface area contributed by atoms with E-state index in [1.54, 1.807) is 32.8 Å². The molecule has 0 aromatic heterocycles. The van der Waals surface area contributed by atoms with Crippen LogP contribution in [0.3, 0.4) is 0 Å². The van der Waals surface area contributed by atoms with Gasteiger partial charge in [-0.3, -0.25) is 9.59 Å². The van der Waals surface area contributed by atoms with Crippen molar-refractivity contribution in [3.05, 3.63) is 29.8 Å². The van der Waals surface area contributed by atoms with Crippen molar-refractivity contribution in [2.75, 3.05) is 26.7 Å². The zero-order valence-electron chi connectivity index (χ0n) is 19.0. The van der Waals surface area contributed by atoms with Gasteiger partial charge in [-0.05, 0) is 51.7 Å². The number of piperidine rings is 1. The molecule has 2 N–H and O–H groups in total. The Hall–Kier alpha value is -2.77. The predicted octanol–water partition coefficient (Wildman–Crippen LogP) is 2.65. The minimum Gasteiger partial charge on any atom is -0.496 e. The number of likely N-dealkylation sites (tertiary alicyclic amines) is 1. The van der Waals surface area contributed by atoms with Crippen LogP contribution >= 0.6 is 0 Å². The molecule has 172 valence electrons. The van der Waals surface area contributed by atoms with Crippen molar-refractivity contribution in [1.82, 2.24) is 15.5 Å². The van der Waals surface area contributed by atoms with Crippen molar-refractivity contribution in [3.63, 3.8) is 0 Å². The molecule has 1 aliphatic rings. The number of nitrogens with one attached hydrogen (secondary N) is 2. The van der Waals surface area contributed by atoms with E-state index in [-0.39, 0.29) is 30.8 Å². The quantitative estimate of drug-likeness (QED) is 0.657. The van der Waals surface area contributed by atoms with Gasteiger partial charge in [0.15, 0.2) is 0 Å². The number of benzene rings is 1. The first-order valence-corrected chi connectivity index (χ1v) is 10.8. The summed E-state index contributed by atoms with van der Waals surface area (Å²) in [5.41, 5.74) is 0.452. The lowest BCUT2D eigenvalue weighted by atomic mass is 10.0. The van der Waals surface area contributed by atoms with Crippen LogP contribution in [-0.4, -0.2) is 61.2 Å². The van der Waals surface area contributed by atoms with Gasteiger partial charge in [-0.2, -0.15) is 0 Å². The highest BCUT2D eigenvalue weighted by atomic mass is 16.6. The molecule has 0 spiro atoms. The summed E-state index contributed by atoms with van der Waals surface area (Å²) < 4.78 is 10.5. The van der Waals surface area contributed by atoms with E-state index in [9.17, 15) is 14.4 Å². The first-order chi connectivity index (χ1) is 14.7. The van der Waals surface area contributed by atoms with Gasteiger partial charge in [-0.15, -0.1) is 0 Å². The van der Waals surface area contributed by atoms with Gasteiger partial charge in [0.2, 0.25) is 11.8 Å². The number of hydrogen-bond acceptors (Lipinski definition) is 5. The molecule has 1 saturated heterocycles. The van der Waals surface area contributed by atoms with Crippen LogP contribution in [0.4, 0.5) is 4.79 Å². The lowest BCUT2D eigenvalue weighted by Crippen LogP contribution is -2.47. The minimum atomic E-state index is -0.562. The summed E-state index contributed by atoms with van der Waals surface area (Å²) in [5, 5.41) is 5.68. The maximum absolute atomic E-state index is 12.3. The highest BCUT2D eigenvalue weighted by molar-refractivity contribution is 5.78. The highest BCUT2D eigenvalue weighted by Gasteiger charge is 2.24. The average Bonchev–Trinajstić information content (AvgIpc) is 2.71. The fraction of sp³-hybridized carbons (Fsp3) is 0.609. The number of rotatable bonds is 8. The molecule has 0 atom stereocenters. The second-order valence-electron chi connectivity index (χ2n) is 8.71. The molecule has 8 nitrogen and oxygen atoms in total. The van der Waals surface area contributed by atoms with E-state index in [1.807, 2.05) is 24.3 Å². The van der Waals surface area contributed by atoms with Crippen LogP contribution in [0.15, 0.2) is 24.3 Å². The zero-order chi connectivity index (χ0) is 22.9. The minimum absolute atomic E-state index is 0.00277. The lowest BCUT2D eigenvalue weighted by Gasteiger charge is -2.32. The Morgan fingerprint density at radius 1 is 1.10 bits per heavy atom. The second kappa shape index (κ2) is 11.6. The standard InChI is InChI=1S/C23H35N3O5/c1-23(2,3)31-22(29)24-14-11-21(28)26-15-12-18(13-16-26)25-20(27)10-9-17-7-5-6-8-19(17)30-4/h5-8,18H,9-16H2,1-4H3,(H,24,29)(H,25,27). The van der Waals surface area contributed by atoms with E-state index >= 15 is 0 Å². The Morgan fingerprint density at radius 2 is 1.77 bits per heavy atom. The van der Waals surface area contributed by atoms with E-state index < -0.39 is 11.7 Å². The van der Waals surface area contributed by atoms with Crippen molar-refractivity contribution in [2.45, 2.75) is 64.5 Å². The van der Waals surface area contributed by atoms with E-state index in [2.05, 4.69) is 10.6 Å². The summed E-state index contributed by atoms with van der Waals surface area (Å²) in [6, 6.07) is 7.78. The van der Waals surface area contributed by atoms with E-state index in [0.717, 1.165) is 24.2 Å². The molecule has 0 saturated carbocycles. The van der Waals surface area contributed by atoms with Crippen LogP contribution in [0.2, 0.25) is 0 Å². The van der Waals surface area contributed by atoms with Crippen LogP contribution in [-0.2, 0) is 20.7 Å². The van der Waals surface area contributed by atoms with Crippen LogP contribution in [0.1, 0.15) is 52.0 Å². The van der Waals surface area contributed by atoms with Crippen LogP contribution in [0.5, 0.6) is 5.75 Å². The molecule has 1 heterocycles. The van der Waals surface area contributed by atoms with Gasteiger partial charge in [-0.25, -0.2) is 4.79 Å². The number of amides is 3. The number of methoxy groups -OCH3 is 1. The van der Waals surface area contributed by atoms with Crippen LogP contribution in [0, 0.1) is 0 Å². The number of carbonyl (C=O) groups is 3. The van der Waals surface area contributed by atoms with Gasteiger partial charge in [0, 0.05) is 38.5 Å². The van der Waals surface area contributed by atoms with Gasteiger partial charge in [-0.1, -0.05) is 18.2 Å². The first-order valence-electron chi connectivity index (χ1n) is 10.8. The van der Waals surface area contributed by atoms with Crippen LogP contribution < -0.4 is 15.4 Å². The molecule has 1 aromatic rings. The molecular formula is C23H35N3O5.